The van der Waals surface area contributed by atoms with E-state index in [1.54, 1.807) is 7.05 Å². The van der Waals surface area contributed by atoms with Gasteiger partial charge in [0, 0.05) is 36.2 Å². The fraction of sp³-hybridized carbons (Fsp3) is 0.474. The SMILES string of the molecule is CN=C(NCCc1c[nH]c2cc(C)ccc12)NCC(=O)NC(C)(C)C. The summed E-state index contributed by atoms with van der Waals surface area (Å²) in [5, 5.41) is 10.4. The molecule has 0 atom stereocenters. The maximum atomic E-state index is 11.9. The lowest BCUT2D eigenvalue weighted by Gasteiger charge is -2.21. The van der Waals surface area contributed by atoms with E-state index in [0.29, 0.717) is 5.96 Å². The zero-order valence-electron chi connectivity index (χ0n) is 15.8. The standard InChI is InChI=1S/C19H29N5O/c1-13-6-7-15-14(11-22-16(15)10-13)8-9-21-18(20-5)23-12-17(25)24-19(2,3)4/h6-7,10-11,22H,8-9,12H2,1-5H3,(H,24,25)(H2,20,21,23). The van der Waals surface area contributed by atoms with Crippen molar-refractivity contribution in [3.8, 4) is 0 Å². The third-order valence-corrected chi connectivity index (χ3v) is 3.76. The molecule has 0 bridgehead atoms. The summed E-state index contributed by atoms with van der Waals surface area (Å²) in [6.45, 7) is 8.90. The lowest BCUT2D eigenvalue weighted by molar-refractivity contribution is -0.121. The molecule has 0 aliphatic rings. The molecule has 0 aliphatic carbocycles. The molecule has 0 fully saturated rings. The highest BCUT2D eigenvalue weighted by Gasteiger charge is 2.13. The molecule has 4 N–H and O–H groups in total. The van der Waals surface area contributed by atoms with Gasteiger partial charge >= 0.3 is 0 Å². The normalized spacial score (nSPS) is 12.3. The number of nitrogens with zero attached hydrogens (tertiary/aromatic N) is 1. The second-order valence-corrected chi connectivity index (χ2v) is 7.26. The number of guanidine groups is 1. The van der Waals surface area contributed by atoms with Crippen molar-refractivity contribution in [2.24, 2.45) is 4.99 Å². The van der Waals surface area contributed by atoms with Crippen molar-refractivity contribution >= 4 is 22.8 Å². The van der Waals surface area contributed by atoms with Gasteiger partial charge in [-0.3, -0.25) is 9.79 Å². The van der Waals surface area contributed by atoms with E-state index in [4.69, 9.17) is 0 Å². The lowest BCUT2D eigenvalue weighted by Crippen LogP contribution is -2.48. The third-order valence-electron chi connectivity index (χ3n) is 3.76. The minimum atomic E-state index is -0.233. The van der Waals surface area contributed by atoms with Crippen LogP contribution in [0.15, 0.2) is 29.4 Å². The van der Waals surface area contributed by atoms with Crippen LogP contribution in [0.5, 0.6) is 0 Å². The van der Waals surface area contributed by atoms with Gasteiger partial charge < -0.3 is 20.9 Å². The molecule has 0 aliphatic heterocycles. The predicted molar refractivity (Wildman–Crippen MR) is 104 cm³/mol. The summed E-state index contributed by atoms with van der Waals surface area (Å²) in [7, 11) is 1.70. The lowest BCUT2D eigenvalue weighted by atomic mass is 10.1. The van der Waals surface area contributed by atoms with Crippen molar-refractivity contribution in [1.82, 2.24) is 20.9 Å². The molecular formula is C19H29N5O. The van der Waals surface area contributed by atoms with E-state index in [9.17, 15) is 4.79 Å². The van der Waals surface area contributed by atoms with Crippen LogP contribution in [0.1, 0.15) is 31.9 Å². The third kappa shape index (κ3) is 5.81. The molecular weight excluding hydrogens is 314 g/mol. The van der Waals surface area contributed by atoms with Crippen molar-refractivity contribution in [1.29, 1.82) is 0 Å². The summed E-state index contributed by atoms with van der Waals surface area (Å²) < 4.78 is 0. The van der Waals surface area contributed by atoms with Crippen LogP contribution >= 0.6 is 0 Å². The summed E-state index contributed by atoms with van der Waals surface area (Å²) in [4.78, 5) is 19.3. The number of fused-ring (bicyclic) bond motifs is 1. The minimum absolute atomic E-state index is 0.0533. The quantitative estimate of drug-likeness (QED) is 0.496. The Morgan fingerprint density at radius 2 is 2.00 bits per heavy atom. The number of hydrogen-bond donors (Lipinski definition) is 4. The van der Waals surface area contributed by atoms with Crippen molar-refractivity contribution < 1.29 is 4.79 Å². The molecule has 0 unspecified atom stereocenters. The monoisotopic (exact) mass is 343 g/mol. The molecule has 0 spiro atoms. The van der Waals surface area contributed by atoms with Crippen molar-refractivity contribution in [3.05, 3.63) is 35.5 Å². The summed E-state index contributed by atoms with van der Waals surface area (Å²) in [5.74, 6) is 0.571. The van der Waals surface area contributed by atoms with Crippen LogP contribution in [-0.2, 0) is 11.2 Å². The summed E-state index contributed by atoms with van der Waals surface area (Å²) in [6.07, 6.45) is 2.93. The van der Waals surface area contributed by atoms with Gasteiger partial charge in [0.05, 0.1) is 6.54 Å². The number of nitrogens with one attached hydrogen (secondary N) is 4. The molecule has 2 rings (SSSR count). The van der Waals surface area contributed by atoms with Crippen LogP contribution in [0.2, 0.25) is 0 Å². The highest BCUT2D eigenvalue weighted by atomic mass is 16.2. The van der Waals surface area contributed by atoms with Gasteiger partial charge in [0.25, 0.3) is 0 Å². The van der Waals surface area contributed by atoms with Crippen molar-refractivity contribution in [2.45, 2.75) is 39.7 Å². The number of aryl methyl sites for hydroxylation is 1. The molecule has 6 nitrogen and oxygen atoms in total. The highest BCUT2D eigenvalue weighted by Crippen LogP contribution is 2.19. The van der Waals surface area contributed by atoms with Crippen LogP contribution in [0, 0.1) is 6.92 Å². The zero-order valence-corrected chi connectivity index (χ0v) is 15.8. The molecule has 136 valence electrons. The molecule has 1 aromatic carbocycles. The van der Waals surface area contributed by atoms with Gasteiger partial charge in [-0.25, -0.2) is 0 Å². The predicted octanol–water partition coefficient (Wildman–Crippen LogP) is 2.10. The minimum Gasteiger partial charge on any atom is -0.361 e. The first kappa shape index (κ1) is 18.8. The maximum absolute atomic E-state index is 11.9. The smallest absolute Gasteiger partial charge is 0.239 e. The Morgan fingerprint density at radius 1 is 1.24 bits per heavy atom. The van der Waals surface area contributed by atoms with Gasteiger partial charge in [-0.1, -0.05) is 12.1 Å². The van der Waals surface area contributed by atoms with Crippen LogP contribution in [0.4, 0.5) is 0 Å². The van der Waals surface area contributed by atoms with E-state index in [0.717, 1.165) is 18.5 Å². The zero-order chi connectivity index (χ0) is 18.4. The number of rotatable bonds is 5. The number of carbonyl (C=O) groups is 1. The Morgan fingerprint density at radius 3 is 2.68 bits per heavy atom. The number of aliphatic imine (C=N–C) groups is 1. The van der Waals surface area contributed by atoms with Crippen molar-refractivity contribution in [3.63, 3.8) is 0 Å². The number of carbonyl (C=O) groups excluding carboxylic acids is 1. The van der Waals surface area contributed by atoms with Crippen LogP contribution in [0.25, 0.3) is 10.9 Å². The average molecular weight is 343 g/mol. The molecule has 0 saturated heterocycles. The Bertz CT molecular complexity index is 755. The van der Waals surface area contributed by atoms with Gasteiger partial charge in [-0.2, -0.15) is 0 Å². The second kappa shape index (κ2) is 8.05. The number of H-pyrrole nitrogens is 1. The Hall–Kier alpha value is -2.50. The molecule has 1 aromatic heterocycles. The fourth-order valence-corrected chi connectivity index (χ4v) is 2.67. The van der Waals surface area contributed by atoms with Gasteiger partial charge in [0.1, 0.15) is 0 Å². The molecule has 6 heteroatoms. The molecule has 0 radical (unpaired) electrons. The number of hydrogen-bond acceptors (Lipinski definition) is 2. The molecule has 1 heterocycles. The first-order chi connectivity index (χ1) is 11.8. The van der Waals surface area contributed by atoms with Crippen molar-refractivity contribution in [2.75, 3.05) is 20.1 Å². The van der Waals surface area contributed by atoms with E-state index < -0.39 is 0 Å². The van der Waals surface area contributed by atoms with E-state index >= 15 is 0 Å². The molecule has 0 saturated carbocycles. The first-order valence-electron chi connectivity index (χ1n) is 8.60. The van der Waals surface area contributed by atoms with E-state index in [1.807, 2.05) is 20.8 Å². The van der Waals surface area contributed by atoms with Gasteiger partial charge in [-0.05, 0) is 51.3 Å². The van der Waals surface area contributed by atoms with Gasteiger partial charge in [-0.15, -0.1) is 0 Å². The second-order valence-electron chi connectivity index (χ2n) is 7.26. The van der Waals surface area contributed by atoms with E-state index in [1.165, 1.54) is 16.5 Å². The average Bonchev–Trinajstić information content (AvgIpc) is 2.91. The van der Waals surface area contributed by atoms with Gasteiger partial charge in [0.15, 0.2) is 5.96 Å². The van der Waals surface area contributed by atoms with Crippen LogP contribution in [-0.4, -0.2) is 42.5 Å². The number of amides is 1. The topological polar surface area (TPSA) is 81.3 Å². The summed E-state index contributed by atoms with van der Waals surface area (Å²) in [6, 6.07) is 6.43. The number of aromatic nitrogens is 1. The highest BCUT2D eigenvalue weighted by molar-refractivity contribution is 5.87. The molecule has 25 heavy (non-hydrogen) atoms. The Kier molecular flexibility index (Phi) is 6.07. The van der Waals surface area contributed by atoms with Crippen LogP contribution in [0.3, 0.4) is 0 Å². The van der Waals surface area contributed by atoms with Crippen LogP contribution < -0.4 is 16.0 Å². The first-order valence-corrected chi connectivity index (χ1v) is 8.60. The summed E-state index contributed by atoms with van der Waals surface area (Å²) in [5.41, 5.74) is 3.44. The number of benzene rings is 1. The molecule has 2 aromatic rings. The molecule has 1 amide bonds. The maximum Gasteiger partial charge on any atom is 0.239 e. The largest absolute Gasteiger partial charge is 0.361 e. The summed E-state index contributed by atoms with van der Waals surface area (Å²) >= 11 is 0. The van der Waals surface area contributed by atoms with E-state index in [2.05, 4.69) is 57.2 Å². The number of aromatic amines is 1. The van der Waals surface area contributed by atoms with E-state index in [-0.39, 0.29) is 18.0 Å². The Labute approximate surface area is 149 Å². The Balaban J connectivity index is 1.82. The van der Waals surface area contributed by atoms with Gasteiger partial charge in [0.2, 0.25) is 5.91 Å². The fourth-order valence-electron chi connectivity index (χ4n) is 2.67.